The van der Waals surface area contributed by atoms with Gasteiger partial charge in [0.2, 0.25) is 0 Å². The molecule has 0 radical (unpaired) electrons. The second kappa shape index (κ2) is 5.46. The van der Waals surface area contributed by atoms with Crippen molar-refractivity contribution in [3.63, 3.8) is 0 Å². The van der Waals surface area contributed by atoms with Gasteiger partial charge in [-0.15, -0.1) is 11.3 Å². The van der Waals surface area contributed by atoms with Gasteiger partial charge < -0.3 is 5.73 Å². The molecule has 1 aromatic rings. The Hall–Kier alpha value is -0.450. The number of rotatable bonds is 3. The Labute approximate surface area is 108 Å². The maximum Gasteiger partial charge on any atom is 0.0900 e. The largest absolute Gasteiger partial charge is 0.328 e. The Morgan fingerprint density at radius 3 is 2.88 bits per heavy atom. The van der Waals surface area contributed by atoms with Crippen molar-refractivity contribution in [2.75, 3.05) is 13.1 Å². The molecule has 96 valence electrons. The first-order chi connectivity index (χ1) is 8.06. The first kappa shape index (κ1) is 13.0. The molecule has 0 amide bonds. The first-order valence-electron chi connectivity index (χ1n) is 6.47. The summed E-state index contributed by atoms with van der Waals surface area (Å²) in [5.41, 5.74) is 7.22. The summed E-state index contributed by atoms with van der Waals surface area (Å²) in [5, 5.41) is 1.18. The molecule has 2 unspecified atom stereocenters. The molecule has 1 aromatic heterocycles. The van der Waals surface area contributed by atoms with E-state index >= 15 is 0 Å². The summed E-state index contributed by atoms with van der Waals surface area (Å²) >= 11 is 1.83. The van der Waals surface area contributed by atoms with Gasteiger partial charge in [-0.3, -0.25) is 4.90 Å². The van der Waals surface area contributed by atoms with Crippen LogP contribution < -0.4 is 5.73 Å². The molecule has 2 N–H and O–H groups in total. The lowest BCUT2D eigenvalue weighted by atomic mass is 9.92. The van der Waals surface area contributed by atoms with E-state index in [0.29, 0.717) is 12.0 Å². The lowest BCUT2D eigenvalue weighted by Crippen LogP contribution is -2.41. The van der Waals surface area contributed by atoms with Crippen molar-refractivity contribution in [1.29, 1.82) is 0 Å². The Kier molecular flexibility index (Phi) is 4.17. The minimum absolute atomic E-state index is 0.321. The summed E-state index contributed by atoms with van der Waals surface area (Å²) in [6.07, 6.45) is 2.57. The van der Waals surface area contributed by atoms with E-state index in [1.54, 1.807) is 0 Å². The Morgan fingerprint density at radius 2 is 2.29 bits per heavy atom. The van der Waals surface area contributed by atoms with Gasteiger partial charge in [0.1, 0.15) is 0 Å². The highest BCUT2D eigenvalue weighted by atomic mass is 32.1. The van der Waals surface area contributed by atoms with Crippen LogP contribution in [0.25, 0.3) is 0 Å². The zero-order chi connectivity index (χ0) is 12.4. The smallest absolute Gasteiger partial charge is 0.0900 e. The summed E-state index contributed by atoms with van der Waals surface area (Å²) in [4.78, 5) is 8.46. The number of aromatic nitrogens is 1. The van der Waals surface area contributed by atoms with Crippen molar-refractivity contribution in [3.05, 3.63) is 15.6 Å². The van der Waals surface area contributed by atoms with Crippen LogP contribution in [0, 0.1) is 19.8 Å². The molecule has 0 spiro atoms. The lowest BCUT2D eigenvalue weighted by molar-refractivity contribution is 0.155. The van der Waals surface area contributed by atoms with Crippen molar-refractivity contribution in [2.24, 2.45) is 11.7 Å². The fourth-order valence-corrected chi connectivity index (χ4v) is 3.57. The Balaban J connectivity index is 1.97. The van der Waals surface area contributed by atoms with Crippen LogP contribution in [0.2, 0.25) is 0 Å². The van der Waals surface area contributed by atoms with E-state index in [2.05, 4.69) is 30.7 Å². The van der Waals surface area contributed by atoms with Crippen molar-refractivity contribution in [2.45, 2.75) is 46.2 Å². The summed E-state index contributed by atoms with van der Waals surface area (Å²) < 4.78 is 0. The standard InChI is InChI=1S/C13H23N3S/c1-9(14)12-5-4-6-16(7-12)8-13-10(2)15-11(3)17-13/h9,12H,4-8,14H2,1-3H3. The summed E-state index contributed by atoms with van der Waals surface area (Å²) in [6, 6.07) is 0.321. The molecule has 2 heterocycles. The van der Waals surface area contributed by atoms with Gasteiger partial charge in [-0.2, -0.15) is 0 Å². The fourth-order valence-electron chi connectivity index (χ4n) is 2.59. The topological polar surface area (TPSA) is 42.2 Å². The minimum atomic E-state index is 0.321. The molecular formula is C13H23N3S. The van der Waals surface area contributed by atoms with Crippen LogP contribution >= 0.6 is 11.3 Å². The zero-order valence-electron chi connectivity index (χ0n) is 11.1. The third-order valence-corrected chi connectivity index (χ3v) is 4.71. The molecule has 1 aliphatic rings. The van der Waals surface area contributed by atoms with Gasteiger partial charge in [-0.25, -0.2) is 4.98 Å². The second-order valence-electron chi connectivity index (χ2n) is 5.24. The van der Waals surface area contributed by atoms with Crippen molar-refractivity contribution in [1.82, 2.24) is 9.88 Å². The molecule has 0 aliphatic carbocycles. The number of thiazole rings is 1. The molecule has 2 rings (SSSR count). The monoisotopic (exact) mass is 253 g/mol. The molecule has 1 fully saturated rings. The van der Waals surface area contributed by atoms with E-state index in [0.717, 1.165) is 13.1 Å². The van der Waals surface area contributed by atoms with Crippen LogP contribution in [0.3, 0.4) is 0 Å². The molecule has 3 nitrogen and oxygen atoms in total. The highest BCUT2D eigenvalue weighted by molar-refractivity contribution is 7.11. The van der Waals surface area contributed by atoms with Crippen molar-refractivity contribution in [3.8, 4) is 0 Å². The average molecular weight is 253 g/mol. The van der Waals surface area contributed by atoms with E-state index in [4.69, 9.17) is 5.73 Å². The van der Waals surface area contributed by atoms with Crippen LogP contribution in [0.5, 0.6) is 0 Å². The maximum atomic E-state index is 6.02. The van der Waals surface area contributed by atoms with Gasteiger partial charge in [0.15, 0.2) is 0 Å². The van der Waals surface area contributed by atoms with E-state index < -0.39 is 0 Å². The molecule has 0 aromatic carbocycles. The molecule has 1 saturated heterocycles. The number of aryl methyl sites for hydroxylation is 2. The molecule has 2 atom stereocenters. The minimum Gasteiger partial charge on any atom is -0.328 e. The van der Waals surface area contributed by atoms with E-state index in [9.17, 15) is 0 Å². The number of nitrogens with zero attached hydrogens (tertiary/aromatic N) is 2. The van der Waals surface area contributed by atoms with Crippen LogP contribution in [0.15, 0.2) is 0 Å². The Bertz CT molecular complexity index is 373. The van der Waals surface area contributed by atoms with E-state index in [1.807, 2.05) is 11.3 Å². The molecule has 4 heteroatoms. The normalized spacial score (nSPS) is 23.9. The molecule has 0 saturated carbocycles. The lowest BCUT2D eigenvalue weighted by Gasteiger charge is -2.34. The Morgan fingerprint density at radius 1 is 1.53 bits per heavy atom. The summed E-state index contributed by atoms with van der Waals surface area (Å²) in [7, 11) is 0. The van der Waals surface area contributed by atoms with Gasteiger partial charge >= 0.3 is 0 Å². The van der Waals surface area contributed by atoms with E-state index in [-0.39, 0.29) is 0 Å². The predicted molar refractivity (Wildman–Crippen MR) is 73.2 cm³/mol. The van der Waals surface area contributed by atoms with Crippen LogP contribution in [0.1, 0.15) is 35.3 Å². The van der Waals surface area contributed by atoms with Gasteiger partial charge in [-0.05, 0) is 46.1 Å². The number of nitrogens with two attached hydrogens (primary N) is 1. The highest BCUT2D eigenvalue weighted by Gasteiger charge is 2.23. The maximum absolute atomic E-state index is 6.02. The van der Waals surface area contributed by atoms with Crippen LogP contribution in [0.4, 0.5) is 0 Å². The number of hydrogen-bond acceptors (Lipinski definition) is 4. The summed E-state index contributed by atoms with van der Waals surface area (Å²) in [5.74, 6) is 0.665. The number of likely N-dealkylation sites (tertiary alicyclic amines) is 1. The van der Waals surface area contributed by atoms with Crippen molar-refractivity contribution < 1.29 is 0 Å². The van der Waals surface area contributed by atoms with Gasteiger partial charge in [0.25, 0.3) is 0 Å². The van der Waals surface area contributed by atoms with Gasteiger partial charge in [0.05, 0.1) is 10.7 Å². The third-order valence-electron chi connectivity index (χ3n) is 3.65. The van der Waals surface area contributed by atoms with Crippen LogP contribution in [-0.4, -0.2) is 29.0 Å². The molecular weight excluding hydrogens is 230 g/mol. The van der Waals surface area contributed by atoms with Gasteiger partial charge in [0, 0.05) is 24.0 Å². The number of piperidine rings is 1. The van der Waals surface area contributed by atoms with Crippen molar-refractivity contribution >= 4 is 11.3 Å². The molecule has 17 heavy (non-hydrogen) atoms. The first-order valence-corrected chi connectivity index (χ1v) is 7.28. The second-order valence-corrected chi connectivity index (χ2v) is 6.53. The zero-order valence-corrected chi connectivity index (χ0v) is 11.9. The third kappa shape index (κ3) is 3.27. The summed E-state index contributed by atoms with van der Waals surface area (Å²) in [6.45, 7) is 9.75. The van der Waals surface area contributed by atoms with Gasteiger partial charge in [-0.1, -0.05) is 0 Å². The quantitative estimate of drug-likeness (QED) is 0.899. The molecule has 0 bridgehead atoms. The fraction of sp³-hybridized carbons (Fsp3) is 0.769. The number of hydrogen-bond donors (Lipinski definition) is 1. The average Bonchev–Trinajstić information content (AvgIpc) is 2.58. The van der Waals surface area contributed by atoms with E-state index in [1.165, 1.54) is 35.0 Å². The highest BCUT2D eigenvalue weighted by Crippen LogP contribution is 2.24. The SMILES string of the molecule is Cc1nc(C)c(CN2CCCC(C(C)N)C2)s1. The molecule has 1 aliphatic heterocycles. The predicted octanol–water partition coefficient (Wildman–Crippen LogP) is 2.32. The van der Waals surface area contributed by atoms with Crippen LogP contribution in [-0.2, 0) is 6.54 Å².